The second-order valence-corrected chi connectivity index (χ2v) is 12.6. The largest absolute Gasteiger partial charge is 0.487 e. The maximum Gasteiger partial charge on any atom is 0.338 e. The van der Waals surface area contributed by atoms with E-state index < -0.39 is 12.0 Å². The molecule has 4 aromatic rings. The van der Waals surface area contributed by atoms with Crippen LogP contribution in [0.25, 0.3) is 6.08 Å². The minimum absolute atomic E-state index is 0.195. The number of carbonyl (C=O) groups excluding carboxylic acids is 1. The van der Waals surface area contributed by atoms with E-state index >= 15 is 0 Å². The molecule has 9 heteroatoms. The van der Waals surface area contributed by atoms with E-state index in [1.807, 2.05) is 61.5 Å². The van der Waals surface area contributed by atoms with Gasteiger partial charge in [0.15, 0.2) is 4.80 Å². The van der Waals surface area contributed by atoms with Crippen molar-refractivity contribution in [3.8, 4) is 5.75 Å². The van der Waals surface area contributed by atoms with Crippen LogP contribution in [0, 0.1) is 14.1 Å². The van der Waals surface area contributed by atoms with Gasteiger partial charge in [0.2, 0.25) is 0 Å². The molecule has 0 unspecified atom stereocenters. The number of halogens is 2. The van der Waals surface area contributed by atoms with Gasteiger partial charge in [-0.05, 0) is 93.4 Å². The van der Waals surface area contributed by atoms with Crippen molar-refractivity contribution in [3.05, 3.63) is 127 Å². The number of carbonyl (C=O) groups is 1. The van der Waals surface area contributed by atoms with E-state index in [9.17, 15) is 9.59 Å². The summed E-state index contributed by atoms with van der Waals surface area (Å²) in [5.74, 6) is 0.342. The summed E-state index contributed by atoms with van der Waals surface area (Å²) in [5.41, 5.74) is 4.86. The smallest absolute Gasteiger partial charge is 0.338 e. The Balaban J connectivity index is 1.57. The summed E-state index contributed by atoms with van der Waals surface area (Å²) in [6.45, 7) is 4.50. The number of aryl methyl sites for hydroxylation is 1. The van der Waals surface area contributed by atoms with E-state index in [0.717, 1.165) is 29.6 Å². The van der Waals surface area contributed by atoms with Gasteiger partial charge in [-0.15, -0.1) is 0 Å². The SMILES string of the molecule is CCC1=C(C(=O)OC)[C@H](c2ccccc2)n2c(s/c(=C\c3cc(I)c(OCc4cccc(C)c4)c(I)c3)c2=O)=N1. The Morgan fingerprint density at radius 3 is 2.45 bits per heavy atom. The van der Waals surface area contributed by atoms with Gasteiger partial charge in [-0.2, -0.15) is 0 Å². The molecule has 0 saturated carbocycles. The number of nitrogens with zero attached hydrogens (tertiary/aromatic N) is 2. The van der Waals surface area contributed by atoms with Crippen molar-refractivity contribution in [2.75, 3.05) is 7.11 Å². The van der Waals surface area contributed by atoms with Gasteiger partial charge < -0.3 is 9.47 Å². The van der Waals surface area contributed by atoms with Crippen molar-refractivity contribution in [3.63, 3.8) is 0 Å². The van der Waals surface area contributed by atoms with E-state index in [2.05, 4.69) is 70.3 Å². The minimum Gasteiger partial charge on any atom is -0.487 e. The van der Waals surface area contributed by atoms with Crippen molar-refractivity contribution in [2.24, 2.45) is 4.99 Å². The normalized spacial score (nSPS) is 15.0. The van der Waals surface area contributed by atoms with Gasteiger partial charge in [0, 0.05) is 0 Å². The van der Waals surface area contributed by atoms with Gasteiger partial charge in [0.25, 0.3) is 5.56 Å². The summed E-state index contributed by atoms with van der Waals surface area (Å²) in [6, 6.07) is 21.2. The van der Waals surface area contributed by atoms with Gasteiger partial charge in [-0.3, -0.25) is 9.36 Å². The number of methoxy groups -OCH3 is 1. The second-order valence-electron chi connectivity index (χ2n) is 9.29. The highest BCUT2D eigenvalue weighted by atomic mass is 127. The molecule has 0 amide bonds. The molecule has 3 aromatic carbocycles. The van der Waals surface area contributed by atoms with Crippen LogP contribution in [-0.4, -0.2) is 17.6 Å². The zero-order chi connectivity index (χ0) is 28.4. The first-order chi connectivity index (χ1) is 19.3. The fourth-order valence-corrected chi connectivity index (χ4v) is 7.87. The lowest BCUT2D eigenvalue weighted by Gasteiger charge is -2.25. The van der Waals surface area contributed by atoms with E-state index in [0.29, 0.717) is 33.6 Å². The van der Waals surface area contributed by atoms with Gasteiger partial charge >= 0.3 is 5.97 Å². The van der Waals surface area contributed by atoms with Crippen LogP contribution in [0.2, 0.25) is 0 Å². The first-order valence-electron chi connectivity index (χ1n) is 12.7. The molecule has 0 fully saturated rings. The molecule has 5 rings (SSSR count). The van der Waals surface area contributed by atoms with Crippen LogP contribution in [0.15, 0.2) is 87.8 Å². The molecule has 40 heavy (non-hydrogen) atoms. The van der Waals surface area contributed by atoms with Crippen molar-refractivity contribution in [1.82, 2.24) is 4.57 Å². The Bertz CT molecular complexity index is 1790. The predicted molar refractivity (Wildman–Crippen MR) is 174 cm³/mol. The highest BCUT2D eigenvalue weighted by molar-refractivity contribution is 14.1. The topological polar surface area (TPSA) is 69.9 Å². The summed E-state index contributed by atoms with van der Waals surface area (Å²) in [7, 11) is 1.35. The lowest BCUT2D eigenvalue weighted by Crippen LogP contribution is -2.40. The summed E-state index contributed by atoms with van der Waals surface area (Å²) < 4.78 is 15.4. The van der Waals surface area contributed by atoms with E-state index in [1.54, 1.807) is 4.57 Å². The zero-order valence-corrected chi connectivity index (χ0v) is 27.2. The van der Waals surface area contributed by atoms with Crippen molar-refractivity contribution in [1.29, 1.82) is 0 Å². The highest BCUT2D eigenvalue weighted by Gasteiger charge is 2.33. The van der Waals surface area contributed by atoms with Crippen LogP contribution in [-0.2, 0) is 16.1 Å². The van der Waals surface area contributed by atoms with E-state index in [4.69, 9.17) is 14.5 Å². The number of aromatic nitrogens is 1. The predicted octanol–water partition coefficient (Wildman–Crippen LogP) is 5.89. The standard InChI is InChI=1S/C31H26I2N2O4S/c1-4-24-26(30(37)38-3)27(21-11-6-5-7-12-21)35-29(36)25(40-31(35)34-24)16-20-14-22(32)28(23(33)15-20)39-17-19-10-8-9-18(2)13-19/h5-16,27H,4,17H2,1-3H3/b25-16-/t27-/m0/s1. The van der Waals surface area contributed by atoms with Crippen molar-refractivity contribution in [2.45, 2.75) is 32.9 Å². The number of esters is 1. The number of thiazole rings is 1. The molecule has 0 N–H and O–H groups in total. The molecule has 204 valence electrons. The molecular formula is C31H26I2N2O4S. The van der Waals surface area contributed by atoms with Gasteiger partial charge in [0.05, 0.1) is 36.1 Å². The third kappa shape index (κ3) is 5.82. The molecule has 0 spiro atoms. The Morgan fingerprint density at radius 2 is 1.80 bits per heavy atom. The minimum atomic E-state index is -0.611. The van der Waals surface area contributed by atoms with Gasteiger partial charge in [-0.25, -0.2) is 9.79 Å². The lowest BCUT2D eigenvalue weighted by atomic mass is 9.95. The molecule has 2 heterocycles. The van der Waals surface area contributed by atoms with Crippen molar-refractivity contribution < 1.29 is 14.3 Å². The lowest BCUT2D eigenvalue weighted by molar-refractivity contribution is -0.136. The van der Waals surface area contributed by atoms with Crippen LogP contribution in [0.5, 0.6) is 5.75 Å². The van der Waals surface area contributed by atoms with Crippen LogP contribution in [0.1, 0.15) is 41.6 Å². The summed E-state index contributed by atoms with van der Waals surface area (Å²) >= 11 is 5.88. The average molecular weight is 776 g/mol. The molecule has 1 atom stereocenters. The Labute approximate surface area is 263 Å². The Kier molecular flexibility index (Phi) is 8.91. The maximum atomic E-state index is 13.9. The molecule has 0 bridgehead atoms. The van der Waals surface area contributed by atoms with Crippen LogP contribution in [0.3, 0.4) is 0 Å². The van der Waals surface area contributed by atoms with Crippen LogP contribution >= 0.6 is 56.5 Å². The summed E-state index contributed by atoms with van der Waals surface area (Å²) in [5, 5.41) is 0. The van der Waals surface area contributed by atoms with E-state index in [1.165, 1.54) is 24.0 Å². The third-order valence-electron chi connectivity index (χ3n) is 6.55. The van der Waals surface area contributed by atoms with E-state index in [-0.39, 0.29) is 5.56 Å². The zero-order valence-electron chi connectivity index (χ0n) is 22.1. The number of benzene rings is 3. The first kappa shape index (κ1) is 28.7. The Hall–Kier alpha value is -2.77. The third-order valence-corrected chi connectivity index (χ3v) is 9.14. The average Bonchev–Trinajstić information content (AvgIpc) is 3.25. The molecule has 1 aromatic heterocycles. The fraction of sp³-hybridized carbons (Fsp3) is 0.194. The molecule has 6 nitrogen and oxygen atoms in total. The maximum absolute atomic E-state index is 13.9. The number of ether oxygens (including phenoxy) is 2. The quantitative estimate of drug-likeness (QED) is 0.174. The monoisotopic (exact) mass is 776 g/mol. The first-order valence-corrected chi connectivity index (χ1v) is 15.6. The second kappa shape index (κ2) is 12.4. The Morgan fingerprint density at radius 1 is 1.07 bits per heavy atom. The number of rotatable bonds is 7. The number of hydrogen-bond acceptors (Lipinski definition) is 6. The van der Waals surface area contributed by atoms with Gasteiger partial charge in [-0.1, -0.05) is 78.4 Å². The highest BCUT2D eigenvalue weighted by Crippen LogP contribution is 2.32. The summed E-state index contributed by atoms with van der Waals surface area (Å²) in [4.78, 5) is 32.1. The number of hydrogen-bond donors (Lipinski definition) is 0. The molecule has 0 saturated heterocycles. The summed E-state index contributed by atoms with van der Waals surface area (Å²) in [6.07, 6.45) is 2.42. The number of fused-ring (bicyclic) bond motifs is 1. The molecule has 0 aliphatic carbocycles. The van der Waals surface area contributed by atoms with Gasteiger partial charge in [0.1, 0.15) is 12.4 Å². The molecular weight excluding hydrogens is 750 g/mol. The molecule has 1 aliphatic rings. The van der Waals surface area contributed by atoms with Crippen molar-refractivity contribution >= 4 is 68.6 Å². The van der Waals surface area contributed by atoms with Crippen LogP contribution in [0.4, 0.5) is 0 Å². The number of allylic oxidation sites excluding steroid dienone is 1. The molecule has 1 aliphatic heterocycles. The molecule has 0 radical (unpaired) electrons. The fourth-order valence-electron chi connectivity index (χ4n) is 4.72. The van der Waals surface area contributed by atoms with Crippen LogP contribution < -0.4 is 19.6 Å².